The second-order valence-electron chi connectivity index (χ2n) is 7.78. The lowest BCUT2D eigenvalue weighted by molar-refractivity contribution is -0.132. The number of benzene rings is 1. The van der Waals surface area contributed by atoms with Crippen LogP contribution >= 0.6 is 0 Å². The summed E-state index contributed by atoms with van der Waals surface area (Å²) in [6.45, 7) is 3.75. The largest absolute Gasteiger partial charge is 0.343 e. The van der Waals surface area contributed by atoms with Crippen LogP contribution in [0.1, 0.15) is 43.0 Å². The predicted molar refractivity (Wildman–Crippen MR) is 114 cm³/mol. The van der Waals surface area contributed by atoms with Gasteiger partial charge in [-0.05, 0) is 50.3 Å². The Kier molecular flexibility index (Phi) is 6.03. The Morgan fingerprint density at radius 2 is 1.79 bits per heavy atom. The summed E-state index contributed by atoms with van der Waals surface area (Å²) >= 11 is 0. The number of amides is 1. The zero-order valence-corrected chi connectivity index (χ0v) is 17.0. The first-order chi connectivity index (χ1) is 14.2. The third kappa shape index (κ3) is 4.56. The molecule has 1 amide bonds. The molecule has 3 heterocycles. The summed E-state index contributed by atoms with van der Waals surface area (Å²) in [6, 6.07) is 14.8. The Morgan fingerprint density at radius 1 is 1.07 bits per heavy atom. The van der Waals surface area contributed by atoms with Crippen LogP contribution < -0.4 is 0 Å². The van der Waals surface area contributed by atoms with E-state index in [1.165, 1.54) is 11.3 Å². The zero-order chi connectivity index (χ0) is 20.1. The minimum atomic E-state index is 0.288. The van der Waals surface area contributed by atoms with Crippen LogP contribution in [-0.2, 0) is 11.2 Å². The summed E-state index contributed by atoms with van der Waals surface area (Å²) in [7, 11) is 0. The van der Waals surface area contributed by atoms with E-state index in [4.69, 9.17) is 0 Å². The quantitative estimate of drug-likeness (QED) is 0.627. The van der Waals surface area contributed by atoms with Crippen LogP contribution in [0.25, 0.3) is 11.4 Å². The molecule has 3 aromatic rings. The van der Waals surface area contributed by atoms with Gasteiger partial charge in [-0.25, -0.2) is 4.98 Å². The zero-order valence-electron chi connectivity index (χ0n) is 17.0. The lowest BCUT2D eigenvalue weighted by Gasteiger charge is -2.34. The van der Waals surface area contributed by atoms with Crippen LogP contribution in [0.5, 0.6) is 0 Å². The summed E-state index contributed by atoms with van der Waals surface area (Å²) in [5.74, 6) is 1.29. The van der Waals surface area contributed by atoms with Gasteiger partial charge in [-0.1, -0.05) is 30.3 Å². The Balaban J connectivity index is 1.33. The number of aryl methyl sites for hydroxylation is 2. The van der Waals surface area contributed by atoms with Gasteiger partial charge >= 0.3 is 0 Å². The molecule has 4 rings (SSSR count). The summed E-state index contributed by atoms with van der Waals surface area (Å²) in [5, 5.41) is 0. The molecule has 0 saturated carbocycles. The second-order valence-corrected chi connectivity index (χ2v) is 7.78. The van der Waals surface area contributed by atoms with Crippen molar-refractivity contribution in [2.24, 2.45) is 0 Å². The molecule has 1 fully saturated rings. The summed E-state index contributed by atoms with van der Waals surface area (Å²) in [5.41, 5.74) is 3.57. The number of pyridine rings is 1. The van der Waals surface area contributed by atoms with Gasteiger partial charge in [-0.2, -0.15) is 0 Å². The number of carbonyl (C=O) groups is 1. The molecule has 29 heavy (non-hydrogen) atoms. The number of hydrogen-bond donors (Lipinski definition) is 0. The minimum absolute atomic E-state index is 0.288. The fourth-order valence-electron chi connectivity index (χ4n) is 4.24. The van der Waals surface area contributed by atoms with Gasteiger partial charge in [-0.15, -0.1) is 0 Å². The molecule has 0 unspecified atom stereocenters. The van der Waals surface area contributed by atoms with Crippen molar-refractivity contribution in [3.63, 3.8) is 0 Å². The van der Waals surface area contributed by atoms with Crippen molar-refractivity contribution in [2.75, 3.05) is 13.1 Å². The van der Waals surface area contributed by atoms with E-state index in [1.807, 2.05) is 29.3 Å². The fraction of sp³-hybridized carbons (Fsp3) is 0.375. The Hall–Kier alpha value is -2.95. The van der Waals surface area contributed by atoms with E-state index in [2.05, 4.69) is 45.7 Å². The van der Waals surface area contributed by atoms with Crippen LogP contribution in [0.4, 0.5) is 0 Å². The van der Waals surface area contributed by atoms with Crippen molar-refractivity contribution >= 4 is 5.91 Å². The molecule has 2 aromatic heterocycles. The molecule has 0 spiro atoms. The standard InChI is InChI=1S/C24H28N4O/c1-19-18-26-24(21-10-14-25-15-11-21)28(19)22-12-16-27(17-13-22)23(29)9-5-8-20-6-3-2-4-7-20/h2-4,6-7,10-11,14-15,18,22H,5,8-9,12-13,16-17H2,1H3. The van der Waals surface area contributed by atoms with Gasteiger partial charge in [0.25, 0.3) is 0 Å². The third-order valence-electron chi connectivity index (χ3n) is 5.80. The molecular weight excluding hydrogens is 360 g/mol. The maximum Gasteiger partial charge on any atom is 0.222 e. The fourth-order valence-corrected chi connectivity index (χ4v) is 4.24. The summed E-state index contributed by atoms with van der Waals surface area (Å²) < 4.78 is 2.34. The number of carbonyl (C=O) groups excluding carboxylic acids is 1. The average molecular weight is 389 g/mol. The van der Waals surface area contributed by atoms with Crippen molar-refractivity contribution in [1.82, 2.24) is 19.4 Å². The van der Waals surface area contributed by atoms with Crippen LogP contribution in [0.15, 0.2) is 61.1 Å². The number of rotatable bonds is 6. The van der Waals surface area contributed by atoms with E-state index in [0.717, 1.165) is 50.2 Å². The molecule has 1 aliphatic rings. The molecule has 0 bridgehead atoms. The lowest BCUT2D eigenvalue weighted by atomic mass is 10.0. The van der Waals surface area contributed by atoms with Gasteiger partial charge in [0.05, 0.1) is 0 Å². The second kappa shape index (κ2) is 9.03. The van der Waals surface area contributed by atoms with Crippen molar-refractivity contribution < 1.29 is 4.79 Å². The van der Waals surface area contributed by atoms with E-state index in [0.29, 0.717) is 12.5 Å². The smallest absolute Gasteiger partial charge is 0.222 e. The van der Waals surface area contributed by atoms with Gasteiger partial charge in [0, 0.05) is 55.4 Å². The Morgan fingerprint density at radius 3 is 2.52 bits per heavy atom. The summed E-state index contributed by atoms with van der Waals surface area (Å²) in [4.78, 5) is 23.4. The molecule has 0 aliphatic carbocycles. The van der Waals surface area contributed by atoms with E-state index in [-0.39, 0.29) is 5.91 Å². The first-order valence-electron chi connectivity index (χ1n) is 10.5. The highest BCUT2D eigenvalue weighted by Crippen LogP contribution is 2.30. The number of nitrogens with zero attached hydrogens (tertiary/aromatic N) is 4. The predicted octanol–water partition coefficient (Wildman–Crippen LogP) is 4.44. The first kappa shape index (κ1) is 19.4. The average Bonchev–Trinajstić information content (AvgIpc) is 3.16. The number of imidazole rings is 1. The summed E-state index contributed by atoms with van der Waals surface area (Å²) in [6.07, 6.45) is 10.0. The van der Waals surface area contributed by atoms with E-state index < -0.39 is 0 Å². The van der Waals surface area contributed by atoms with Crippen molar-refractivity contribution in [3.05, 3.63) is 72.3 Å². The highest BCUT2D eigenvalue weighted by atomic mass is 16.2. The SMILES string of the molecule is Cc1cnc(-c2ccncc2)n1C1CCN(C(=O)CCCc2ccccc2)CC1. The molecule has 0 radical (unpaired) electrons. The molecular formula is C24H28N4O. The molecule has 5 nitrogen and oxygen atoms in total. The van der Waals surface area contributed by atoms with Gasteiger partial charge < -0.3 is 9.47 Å². The van der Waals surface area contributed by atoms with Gasteiger partial charge in [-0.3, -0.25) is 9.78 Å². The highest BCUT2D eigenvalue weighted by molar-refractivity contribution is 5.76. The van der Waals surface area contributed by atoms with E-state index in [9.17, 15) is 4.79 Å². The molecule has 150 valence electrons. The minimum Gasteiger partial charge on any atom is -0.343 e. The molecule has 1 saturated heterocycles. The Bertz CT molecular complexity index is 928. The number of hydrogen-bond acceptors (Lipinski definition) is 3. The van der Waals surface area contributed by atoms with Crippen molar-refractivity contribution in [1.29, 1.82) is 0 Å². The molecule has 5 heteroatoms. The van der Waals surface area contributed by atoms with Crippen LogP contribution in [0, 0.1) is 6.92 Å². The van der Waals surface area contributed by atoms with Crippen LogP contribution in [-0.4, -0.2) is 38.4 Å². The number of likely N-dealkylation sites (tertiary alicyclic amines) is 1. The van der Waals surface area contributed by atoms with Crippen LogP contribution in [0.3, 0.4) is 0 Å². The van der Waals surface area contributed by atoms with E-state index >= 15 is 0 Å². The van der Waals surface area contributed by atoms with Crippen molar-refractivity contribution in [3.8, 4) is 11.4 Å². The van der Waals surface area contributed by atoms with Gasteiger partial charge in [0.2, 0.25) is 5.91 Å². The van der Waals surface area contributed by atoms with Gasteiger partial charge in [0.1, 0.15) is 5.82 Å². The van der Waals surface area contributed by atoms with Crippen LogP contribution in [0.2, 0.25) is 0 Å². The Labute approximate surface area is 172 Å². The number of aromatic nitrogens is 3. The number of piperidine rings is 1. The lowest BCUT2D eigenvalue weighted by Crippen LogP contribution is -2.39. The molecule has 0 N–H and O–H groups in total. The topological polar surface area (TPSA) is 51.0 Å². The highest BCUT2D eigenvalue weighted by Gasteiger charge is 2.26. The molecule has 1 aliphatic heterocycles. The monoisotopic (exact) mass is 388 g/mol. The normalized spacial score (nSPS) is 14.9. The molecule has 0 atom stereocenters. The van der Waals surface area contributed by atoms with Crippen molar-refractivity contribution in [2.45, 2.75) is 45.1 Å². The maximum absolute atomic E-state index is 12.6. The first-order valence-corrected chi connectivity index (χ1v) is 10.5. The van der Waals surface area contributed by atoms with Gasteiger partial charge in [0.15, 0.2) is 0 Å². The third-order valence-corrected chi connectivity index (χ3v) is 5.80. The maximum atomic E-state index is 12.6. The molecule has 1 aromatic carbocycles. The van der Waals surface area contributed by atoms with E-state index in [1.54, 1.807) is 12.4 Å².